The predicted octanol–water partition coefficient (Wildman–Crippen LogP) is 4.09. The Morgan fingerprint density at radius 1 is 1.23 bits per heavy atom. The fourth-order valence-electron chi connectivity index (χ4n) is 3.01. The number of nitrogens with zero attached hydrogens (tertiary/aromatic N) is 1. The number of carbonyl (C=O) groups is 2. The monoisotopic (exact) mass is 373 g/mol. The van der Waals surface area contributed by atoms with Gasteiger partial charge in [0, 0.05) is 29.9 Å². The van der Waals surface area contributed by atoms with Crippen LogP contribution in [-0.4, -0.2) is 36.6 Å². The van der Waals surface area contributed by atoms with Gasteiger partial charge < -0.3 is 20.3 Å². The second-order valence-electron chi connectivity index (χ2n) is 6.24. The van der Waals surface area contributed by atoms with Crippen LogP contribution in [0.15, 0.2) is 41.8 Å². The molecular weight excluding hydrogens is 350 g/mol. The van der Waals surface area contributed by atoms with Gasteiger partial charge in [0.25, 0.3) is 5.91 Å². The Labute approximate surface area is 157 Å². The van der Waals surface area contributed by atoms with Gasteiger partial charge in [0.15, 0.2) is 0 Å². The maximum Gasteiger partial charge on any atom is 0.322 e. The Morgan fingerprint density at radius 3 is 2.69 bits per heavy atom. The molecule has 3 rings (SSSR count). The Balaban J connectivity index is 1.66. The fraction of sp³-hybridized carbons (Fsp3) is 0.368. The van der Waals surface area contributed by atoms with Crippen LogP contribution < -0.4 is 10.6 Å². The summed E-state index contributed by atoms with van der Waals surface area (Å²) in [5, 5.41) is 7.76. The molecule has 2 aromatic rings. The average molecular weight is 373 g/mol. The van der Waals surface area contributed by atoms with Crippen molar-refractivity contribution in [1.29, 1.82) is 0 Å². The minimum atomic E-state index is -0.538. The van der Waals surface area contributed by atoms with Crippen LogP contribution in [0.2, 0.25) is 0 Å². The van der Waals surface area contributed by atoms with Gasteiger partial charge in [-0.25, -0.2) is 4.79 Å². The molecule has 1 aliphatic heterocycles. The number of thiophene rings is 1. The maximum absolute atomic E-state index is 12.7. The summed E-state index contributed by atoms with van der Waals surface area (Å²) in [4.78, 5) is 27.7. The lowest BCUT2D eigenvalue weighted by Gasteiger charge is -2.24. The zero-order valence-corrected chi connectivity index (χ0v) is 15.7. The molecule has 3 amide bonds. The van der Waals surface area contributed by atoms with Crippen LogP contribution in [0.4, 0.5) is 16.2 Å². The summed E-state index contributed by atoms with van der Waals surface area (Å²) in [5.74, 6) is -0.228. The van der Waals surface area contributed by atoms with Crippen LogP contribution in [0.25, 0.3) is 0 Å². The van der Waals surface area contributed by atoms with E-state index in [1.807, 2.05) is 22.4 Å². The molecule has 2 heterocycles. The summed E-state index contributed by atoms with van der Waals surface area (Å²) in [5.41, 5.74) is 1.27. The molecule has 1 aliphatic rings. The number of anilines is 2. The summed E-state index contributed by atoms with van der Waals surface area (Å²) < 4.78 is 5.01. The summed E-state index contributed by atoms with van der Waals surface area (Å²) >= 11 is 1.68. The molecule has 0 saturated carbocycles. The highest BCUT2D eigenvalue weighted by molar-refractivity contribution is 7.10. The minimum absolute atomic E-state index is 0.116. The van der Waals surface area contributed by atoms with Gasteiger partial charge in [0.05, 0.1) is 6.04 Å². The Hall–Kier alpha value is -2.38. The molecule has 26 heavy (non-hydrogen) atoms. The van der Waals surface area contributed by atoms with E-state index in [1.165, 1.54) is 12.0 Å². The van der Waals surface area contributed by atoms with Crippen LogP contribution in [0, 0.1) is 0 Å². The largest absolute Gasteiger partial charge is 0.372 e. The first-order chi connectivity index (χ1) is 12.6. The van der Waals surface area contributed by atoms with E-state index in [9.17, 15) is 9.59 Å². The van der Waals surface area contributed by atoms with Gasteiger partial charge in [-0.2, -0.15) is 0 Å². The summed E-state index contributed by atoms with van der Waals surface area (Å²) in [6.45, 7) is 2.43. The van der Waals surface area contributed by atoms with Crippen molar-refractivity contribution in [2.75, 3.05) is 24.3 Å². The number of ether oxygens (including phenoxy) is 1. The highest BCUT2D eigenvalue weighted by Gasteiger charge is 2.30. The number of urea groups is 1. The van der Waals surface area contributed by atoms with Gasteiger partial charge in [0.1, 0.15) is 6.10 Å². The maximum atomic E-state index is 12.7. The molecule has 7 heteroatoms. The first-order valence-corrected chi connectivity index (χ1v) is 9.51. The highest BCUT2D eigenvalue weighted by atomic mass is 32.1. The van der Waals surface area contributed by atoms with Gasteiger partial charge in [-0.15, -0.1) is 11.3 Å². The molecule has 1 aromatic heterocycles. The molecular formula is C19H23N3O3S. The second kappa shape index (κ2) is 8.33. The number of carbonyl (C=O) groups excluding carboxylic acids is 2. The number of likely N-dealkylation sites (tertiary alicyclic amines) is 1. The van der Waals surface area contributed by atoms with E-state index < -0.39 is 6.10 Å². The first kappa shape index (κ1) is 18.4. The van der Waals surface area contributed by atoms with Crippen LogP contribution in [0.3, 0.4) is 0 Å². The highest BCUT2D eigenvalue weighted by Crippen LogP contribution is 2.34. The number of nitrogens with one attached hydrogen (secondary N) is 2. The van der Waals surface area contributed by atoms with Crippen LogP contribution in [-0.2, 0) is 9.53 Å². The van der Waals surface area contributed by atoms with E-state index in [1.54, 1.807) is 36.5 Å². The molecule has 2 N–H and O–H groups in total. The Bertz CT molecular complexity index is 763. The van der Waals surface area contributed by atoms with Crippen molar-refractivity contribution in [2.45, 2.75) is 31.9 Å². The van der Waals surface area contributed by atoms with E-state index in [0.717, 1.165) is 19.4 Å². The third-order valence-electron chi connectivity index (χ3n) is 4.49. The molecule has 1 saturated heterocycles. The normalized spacial score (nSPS) is 17.8. The van der Waals surface area contributed by atoms with E-state index in [-0.39, 0.29) is 18.0 Å². The van der Waals surface area contributed by atoms with Gasteiger partial charge in [-0.05, 0) is 49.4 Å². The van der Waals surface area contributed by atoms with E-state index >= 15 is 0 Å². The topological polar surface area (TPSA) is 70.7 Å². The summed E-state index contributed by atoms with van der Waals surface area (Å²) in [6.07, 6.45) is 1.45. The molecule has 6 nitrogen and oxygen atoms in total. The Morgan fingerprint density at radius 2 is 2.00 bits per heavy atom. The molecule has 0 bridgehead atoms. The smallest absolute Gasteiger partial charge is 0.322 e. The van der Waals surface area contributed by atoms with Crippen molar-refractivity contribution >= 4 is 34.6 Å². The third kappa shape index (κ3) is 4.23. The predicted molar refractivity (Wildman–Crippen MR) is 104 cm³/mol. The van der Waals surface area contributed by atoms with Crippen molar-refractivity contribution in [1.82, 2.24) is 4.90 Å². The molecule has 1 fully saturated rings. The fourth-order valence-corrected chi connectivity index (χ4v) is 3.88. The molecule has 0 spiro atoms. The van der Waals surface area contributed by atoms with Crippen molar-refractivity contribution in [3.63, 3.8) is 0 Å². The number of hydrogen-bond acceptors (Lipinski definition) is 4. The zero-order chi connectivity index (χ0) is 18.5. The molecule has 2 atom stereocenters. The summed E-state index contributed by atoms with van der Waals surface area (Å²) in [7, 11) is 1.49. The average Bonchev–Trinajstić information content (AvgIpc) is 3.32. The van der Waals surface area contributed by atoms with Crippen LogP contribution >= 0.6 is 11.3 Å². The Kier molecular flexibility index (Phi) is 5.90. The molecule has 1 aromatic carbocycles. The van der Waals surface area contributed by atoms with Gasteiger partial charge in [-0.3, -0.25) is 4.79 Å². The summed E-state index contributed by atoms with van der Waals surface area (Å²) in [6, 6.07) is 11.2. The lowest BCUT2D eigenvalue weighted by atomic mass is 10.2. The quantitative estimate of drug-likeness (QED) is 0.829. The van der Waals surface area contributed by atoms with Gasteiger partial charge in [0.2, 0.25) is 0 Å². The number of benzene rings is 1. The van der Waals surface area contributed by atoms with Crippen molar-refractivity contribution in [2.24, 2.45) is 0 Å². The van der Waals surface area contributed by atoms with Crippen molar-refractivity contribution in [3.8, 4) is 0 Å². The van der Waals surface area contributed by atoms with Crippen LogP contribution in [0.5, 0.6) is 0 Å². The standard InChI is InChI=1S/C19H23N3O3S/c1-13(25-2)18(23)20-14-6-3-7-15(12-14)21-19(24)22-10-4-8-16(22)17-9-5-11-26-17/h3,5-7,9,11-13,16H,4,8,10H2,1-2H3,(H,20,23)(H,21,24)/t13-,16-/m0/s1. The second-order valence-corrected chi connectivity index (χ2v) is 7.22. The minimum Gasteiger partial charge on any atom is -0.372 e. The van der Waals surface area contributed by atoms with Gasteiger partial charge >= 0.3 is 6.03 Å². The SMILES string of the molecule is CO[C@@H](C)C(=O)Nc1cccc(NC(=O)N2CCC[C@H]2c2cccs2)c1. The first-order valence-electron chi connectivity index (χ1n) is 8.63. The number of amides is 3. The number of rotatable bonds is 5. The van der Waals surface area contributed by atoms with Crippen LogP contribution in [0.1, 0.15) is 30.7 Å². The van der Waals surface area contributed by atoms with E-state index in [4.69, 9.17) is 4.74 Å². The van der Waals surface area contributed by atoms with Gasteiger partial charge in [-0.1, -0.05) is 12.1 Å². The molecule has 0 aliphatic carbocycles. The lowest BCUT2D eigenvalue weighted by Crippen LogP contribution is -2.34. The van der Waals surface area contributed by atoms with E-state index in [2.05, 4.69) is 16.7 Å². The lowest BCUT2D eigenvalue weighted by molar-refractivity contribution is -0.124. The third-order valence-corrected chi connectivity index (χ3v) is 5.46. The zero-order valence-electron chi connectivity index (χ0n) is 14.9. The molecule has 0 unspecified atom stereocenters. The molecule has 138 valence electrons. The number of methoxy groups -OCH3 is 1. The van der Waals surface area contributed by atoms with E-state index in [0.29, 0.717) is 11.4 Å². The van der Waals surface area contributed by atoms with Crippen molar-refractivity contribution in [3.05, 3.63) is 46.7 Å². The number of hydrogen-bond donors (Lipinski definition) is 2. The molecule has 0 radical (unpaired) electrons. The van der Waals surface area contributed by atoms with Crippen molar-refractivity contribution < 1.29 is 14.3 Å².